The van der Waals surface area contributed by atoms with E-state index in [0.717, 1.165) is 31.8 Å². The van der Waals surface area contributed by atoms with Crippen LogP contribution in [0.5, 0.6) is 5.75 Å². The molecule has 2 atom stereocenters. The number of hydrogen-bond acceptors (Lipinski definition) is 2. The molecule has 2 unspecified atom stereocenters. The minimum Gasteiger partial charge on any atom is -0.493 e. The first-order chi connectivity index (χ1) is 8.33. The molecule has 0 bridgehead atoms. The van der Waals surface area contributed by atoms with E-state index in [1.54, 1.807) is 0 Å². The third-order valence-electron chi connectivity index (χ3n) is 3.57. The van der Waals surface area contributed by atoms with Gasteiger partial charge in [0.15, 0.2) is 0 Å². The molecular weight excluding hydrogens is 280 g/mol. The van der Waals surface area contributed by atoms with Crippen molar-refractivity contribution in [3.05, 3.63) is 29.3 Å². The van der Waals surface area contributed by atoms with Crippen LogP contribution in [0.25, 0.3) is 0 Å². The second-order valence-electron chi connectivity index (χ2n) is 4.80. The molecule has 0 aliphatic carbocycles. The molecule has 1 fully saturated rings. The van der Waals surface area contributed by atoms with Crippen LogP contribution in [0.1, 0.15) is 35.2 Å². The Hall–Kier alpha value is -0.540. The highest BCUT2D eigenvalue weighted by Crippen LogP contribution is 2.35. The fraction of sp³-hybridized carbons (Fsp3) is 0.571. The van der Waals surface area contributed by atoms with Crippen LogP contribution < -0.4 is 4.74 Å². The molecule has 1 aromatic carbocycles. The minimum atomic E-state index is 0.400. The molecule has 2 aliphatic rings. The van der Waals surface area contributed by atoms with Crippen molar-refractivity contribution in [3.8, 4) is 5.75 Å². The fourth-order valence-electron chi connectivity index (χ4n) is 2.60. The number of alkyl halides is 1. The van der Waals surface area contributed by atoms with Crippen molar-refractivity contribution in [2.45, 2.75) is 36.6 Å². The zero-order valence-electron chi connectivity index (χ0n) is 9.82. The van der Waals surface area contributed by atoms with Crippen molar-refractivity contribution in [1.29, 1.82) is 0 Å². The minimum absolute atomic E-state index is 0.400. The number of rotatable bonds is 3. The molecule has 1 saturated heterocycles. The predicted molar refractivity (Wildman–Crippen MR) is 70.9 cm³/mol. The highest BCUT2D eigenvalue weighted by molar-refractivity contribution is 9.09. The molecule has 2 nitrogen and oxygen atoms in total. The maximum atomic E-state index is 5.68. The SMILES string of the molecule is BrC(CC1CCCO1)c1ccc2c(c1)CCO2. The second-order valence-corrected chi connectivity index (χ2v) is 5.91. The molecule has 2 aliphatic heterocycles. The van der Waals surface area contributed by atoms with Gasteiger partial charge in [-0.1, -0.05) is 28.1 Å². The van der Waals surface area contributed by atoms with E-state index in [2.05, 4.69) is 34.1 Å². The van der Waals surface area contributed by atoms with Gasteiger partial charge < -0.3 is 9.47 Å². The standard InChI is InChI=1S/C14H17BrO2/c15-13(9-12-2-1-6-16-12)10-3-4-14-11(8-10)5-7-17-14/h3-4,8,12-13H,1-2,5-7,9H2. The molecule has 0 N–H and O–H groups in total. The number of ether oxygens (including phenoxy) is 2. The van der Waals surface area contributed by atoms with Crippen LogP contribution in [0.3, 0.4) is 0 Å². The maximum absolute atomic E-state index is 5.68. The second kappa shape index (κ2) is 4.99. The summed E-state index contributed by atoms with van der Waals surface area (Å²) in [4.78, 5) is 0.400. The lowest BCUT2D eigenvalue weighted by Gasteiger charge is -2.15. The lowest BCUT2D eigenvalue weighted by Crippen LogP contribution is -2.08. The molecule has 92 valence electrons. The zero-order valence-corrected chi connectivity index (χ0v) is 11.4. The largest absolute Gasteiger partial charge is 0.493 e. The van der Waals surface area contributed by atoms with E-state index < -0.39 is 0 Å². The Morgan fingerprint density at radius 3 is 3.12 bits per heavy atom. The van der Waals surface area contributed by atoms with Crippen molar-refractivity contribution in [3.63, 3.8) is 0 Å². The normalized spacial score (nSPS) is 24.4. The smallest absolute Gasteiger partial charge is 0.122 e. The Kier molecular flexibility index (Phi) is 3.39. The van der Waals surface area contributed by atoms with Gasteiger partial charge in [0.25, 0.3) is 0 Å². The van der Waals surface area contributed by atoms with Crippen molar-refractivity contribution in [2.75, 3.05) is 13.2 Å². The van der Waals surface area contributed by atoms with E-state index in [0.29, 0.717) is 10.9 Å². The summed E-state index contributed by atoms with van der Waals surface area (Å²) in [6, 6.07) is 6.54. The molecule has 2 heterocycles. The predicted octanol–water partition coefficient (Wildman–Crippen LogP) is 3.63. The van der Waals surface area contributed by atoms with E-state index in [1.807, 2.05) is 0 Å². The molecule has 3 heteroatoms. The maximum Gasteiger partial charge on any atom is 0.122 e. The summed E-state index contributed by atoms with van der Waals surface area (Å²) >= 11 is 3.78. The quantitative estimate of drug-likeness (QED) is 0.793. The summed E-state index contributed by atoms with van der Waals surface area (Å²) < 4.78 is 11.2. The Morgan fingerprint density at radius 2 is 2.29 bits per heavy atom. The number of fused-ring (bicyclic) bond motifs is 1. The Bertz CT molecular complexity index is 399. The van der Waals surface area contributed by atoms with Crippen LogP contribution in [-0.2, 0) is 11.2 Å². The highest BCUT2D eigenvalue weighted by Gasteiger charge is 2.21. The zero-order chi connectivity index (χ0) is 11.7. The van der Waals surface area contributed by atoms with Gasteiger partial charge in [-0.15, -0.1) is 0 Å². The van der Waals surface area contributed by atoms with Crippen LogP contribution in [0.15, 0.2) is 18.2 Å². The number of hydrogen-bond donors (Lipinski definition) is 0. The van der Waals surface area contributed by atoms with E-state index in [4.69, 9.17) is 9.47 Å². The fourth-order valence-corrected chi connectivity index (χ4v) is 3.30. The van der Waals surface area contributed by atoms with Crippen molar-refractivity contribution < 1.29 is 9.47 Å². The Labute approximate surface area is 110 Å². The third-order valence-corrected chi connectivity index (χ3v) is 4.47. The summed E-state index contributed by atoms with van der Waals surface area (Å²) in [6.07, 6.45) is 4.96. The first-order valence-electron chi connectivity index (χ1n) is 6.34. The van der Waals surface area contributed by atoms with Gasteiger partial charge in [-0.05, 0) is 36.5 Å². The van der Waals surface area contributed by atoms with Gasteiger partial charge in [0.05, 0.1) is 12.7 Å². The molecule has 0 aromatic heterocycles. The summed E-state index contributed by atoms with van der Waals surface area (Å²) in [6.45, 7) is 1.76. The van der Waals surface area contributed by atoms with E-state index in [9.17, 15) is 0 Å². The summed E-state index contributed by atoms with van der Waals surface area (Å²) in [5, 5.41) is 0. The van der Waals surface area contributed by atoms with E-state index in [1.165, 1.54) is 24.0 Å². The number of benzene rings is 1. The first kappa shape index (κ1) is 11.5. The monoisotopic (exact) mass is 296 g/mol. The lowest BCUT2D eigenvalue weighted by atomic mass is 10.0. The van der Waals surface area contributed by atoms with Gasteiger partial charge in [-0.3, -0.25) is 0 Å². The molecule has 0 radical (unpaired) electrons. The van der Waals surface area contributed by atoms with Crippen LogP contribution >= 0.6 is 15.9 Å². The van der Waals surface area contributed by atoms with Crippen LogP contribution in [0.4, 0.5) is 0 Å². The molecular formula is C14H17BrO2. The van der Waals surface area contributed by atoms with Crippen LogP contribution in [0.2, 0.25) is 0 Å². The summed E-state index contributed by atoms with van der Waals surface area (Å²) in [5.74, 6) is 1.06. The topological polar surface area (TPSA) is 18.5 Å². The summed E-state index contributed by atoms with van der Waals surface area (Å²) in [5.41, 5.74) is 2.70. The first-order valence-corrected chi connectivity index (χ1v) is 7.26. The van der Waals surface area contributed by atoms with Gasteiger partial charge in [0.1, 0.15) is 5.75 Å². The molecule has 0 amide bonds. The van der Waals surface area contributed by atoms with Crippen LogP contribution in [0, 0.1) is 0 Å². The molecule has 17 heavy (non-hydrogen) atoms. The van der Waals surface area contributed by atoms with Crippen molar-refractivity contribution in [2.24, 2.45) is 0 Å². The van der Waals surface area contributed by atoms with Crippen molar-refractivity contribution in [1.82, 2.24) is 0 Å². The average molecular weight is 297 g/mol. The van der Waals surface area contributed by atoms with E-state index in [-0.39, 0.29) is 0 Å². The average Bonchev–Trinajstić information content (AvgIpc) is 2.97. The molecule has 0 saturated carbocycles. The van der Waals surface area contributed by atoms with Gasteiger partial charge >= 0.3 is 0 Å². The molecule has 3 rings (SSSR count). The van der Waals surface area contributed by atoms with Gasteiger partial charge in [0.2, 0.25) is 0 Å². The van der Waals surface area contributed by atoms with Gasteiger partial charge in [-0.2, -0.15) is 0 Å². The third kappa shape index (κ3) is 2.50. The Balaban J connectivity index is 1.70. The Morgan fingerprint density at radius 1 is 1.35 bits per heavy atom. The lowest BCUT2D eigenvalue weighted by molar-refractivity contribution is 0.104. The van der Waals surface area contributed by atoms with Crippen LogP contribution in [-0.4, -0.2) is 19.3 Å². The van der Waals surface area contributed by atoms with Crippen molar-refractivity contribution >= 4 is 15.9 Å². The van der Waals surface area contributed by atoms with Gasteiger partial charge in [-0.25, -0.2) is 0 Å². The summed E-state index contributed by atoms with van der Waals surface area (Å²) in [7, 11) is 0. The highest BCUT2D eigenvalue weighted by atomic mass is 79.9. The number of halogens is 1. The van der Waals surface area contributed by atoms with Gasteiger partial charge in [0, 0.05) is 17.9 Å². The molecule has 1 aromatic rings. The van der Waals surface area contributed by atoms with E-state index >= 15 is 0 Å². The molecule has 0 spiro atoms.